The molecule has 3 aromatic carbocycles. The summed E-state index contributed by atoms with van der Waals surface area (Å²) in [5.41, 5.74) is 3.47. The molecule has 2 bridgehead atoms. The van der Waals surface area contributed by atoms with Crippen LogP contribution in [-0.4, -0.2) is 0 Å². The van der Waals surface area contributed by atoms with Crippen molar-refractivity contribution in [2.75, 3.05) is 0 Å². The summed E-state index contributed by atoms with van der Waals surface area (Å²) in [5.74, 6) is 3.15. The molecule has 0 saturated heterocycles. The van der Waals surface area contributed by atoms with Crippen molar-refractivity contribution in [1.82, 2.24) is 0 Å². The maximum absolute atomic E-state index is 6.21. The maximum Gasteiger partial charge on any atom is 0.137 e. The van der Waals surface area contributed by atoms with Crippen LogP contribution < -0.4 is 9.47 Å². The molecule has 0 spiro atoms. The van der Waals surface area contributed by atoms with Crippen LogP contribution in [0, 0.1) is 0 Å². The van der Waals surface area contributed by atoms with E-state index in [4.69, 9.17) is 14.2 Å². The van der Waals surface area contributed by atoms with E-state index in [9.17, 15) is 0 Å². The largest absolute Gasteiger partial charge is 0.457 e. The Hall–Kier alpha value is -3.04. The van der Waals surface area contributed by atoms with E-state index in [-0.39, 0.29) is 12.2 Å². The van der Waals surface area contributed by atoms with Crippen molar-refractivity contribution < 1.29 is 14.2 Å². The fourth-order valence-electron chi connectivity index (χ4n) is 3.60. The summed E-state index contributed by atoms with van der Waals surface area (Å²) in [6, 6.07) is 23.6. The summed E-state index contributed by atoms with van der Waals surface area (Å²) in [6.07, 6.45) is 2.12. The average molecular weight is 342 g/mol. The summed E-state index contributed by atoms with van der Waals surface area (Å²) in [6.45, 7) is 2.11. The van der Waals surface area contributed by atoms with E-state index >= 15 is 0 Å². The Bertz CT molecular complexity index is 977. The molecule has 0 saturated carbocycles. The van der Waals surface area contributed by atoms with Gasteiger partial charge in [-0.25, -0.2) is 0 Å². The van der Waals surface area contributed by atoms with Crippen LogP contribution >= 0.6 is 0 Å². The topological polar surface area (TPSA) is 27.7 Å². The molecule has 2 unspecified atom stereocenters. The monoisotopic (exact) mass is 342 g/mol. The van der Waals surface area contributed by atoms with Crippen LogP contribution in [0.4, 0.5) is 0 Å². The summed E-state index contributed by atoms with van der Waals surface area (Å²) < 4.78 is 18.4. The molecule has 2 atom stereocenters. The van der Waals surface area contributed by atoms with Crippen LogP contribution in [0.2, 0.25) is 0 Å². The van der Waals surface area contributed by atoms with Crippen molar-refractivity contribution >= 4 is 0 Å². The number of para-hydroxylation sites is 2. The maximum atomic E-state index is 6.21. The molecule has 0 fully saturated rings. The van der Waals surface area contributed by atoms with Crippen molar-refractivity contribution in [2.24, 2.45) is 0 Å². The van der Waals surface area contributed by atoms with Crippen molar-refractivity contribution in [3.63, 3.8) is 0 Å². The predicted molar refractivity (Wildman–Crippen MR) is 99.8 cm³/mol. The Morgan fingerprint density at radius 3 is 2.12 bits per heavy atom. The fraction of sp³-hybridized carbons (Fsp3) is 0.130. The minimum absolute atomic E-state index is 0.0209. The first-order valence-electron chi connectivity index (χ1n) is 8.75. The molecule has 128 valence electrons. The van der Waals surface area contributed by atoms with Crippen LogP contribution in [0.1, 0.15) is 30.3 Å². The Morgan fingerprint density at radius 1 is 0.769 bits per heavy atom. The third-order valence-electron chi connectivity index (χ3n) is 4.78. The van der Waals surface area contributed by atoms with Gasteiger partial charge in [0.25, 0.3) is 0 Å². The van der Waals surface area contributed by atoms with Crippen LogP contribution in [0.25, 0.3) is 0 Å². The summed E-state index contributed by atoms with van der Waals surface area (Å²) in [4.78, 5) is 0. The highest BCUT2D eigenvalue weighted by atomic mass is 16.5. The first-order valence-corrected chi connectivity index (χ1v) is 8.75. The highest BCUT2D eigenvalue weighted by Crippen LogP contribution is 2.54. The molecule has 5 rings (SSSR count). The van der Waals surface area contributed by atoms with Crippen molar-refractivity contribution in [3.8, 4) is 23.0 Å². The van der Waals surface area contributed by atoms with Gasteiger partial charge in [0.15, 0.2) is 0 Å². The van der Waals surface area contributed by atoms with E-state index in [1.165, 1.54) is 5.57 Å². The molecule has 2 aliphatic heterocycles. The lowest BCUT2D eigenvalue weighted by Crippen LogP contribution is -2.01. The quantitative estimate of drug-likeness (QED) is 0.518. The van der Waals surface area contributed by atoms with Gasteiger partial charge in [-0.3, -0.25) is 0 Å². The van der Waals surface area contributed by atoms with Crippen LogP contribution in [0.5, 0.6) is 23.0 Å². The molecule has 0 aromatic heterocycles. The third kappa shape index (κ3) is 2.57. The van der Waals surface area contributed by atoms with Crippen LogP contribution in [0.15, 0.2) is 84.4 Å². The minimum Gasteiger partial charge on any atom is -0.457 e. The van der Waals surface area contributed by atoms with Crippen molar-refractivity contribution in [3.05, 3.63) is 95.6 Å². The van der Waals surface area contributed by atoms with Gasteiger partial charge in [0.05, 0.1) is 0 Å². The van der Waals surface area contributed by atoms with Crippen molar-refractivity contribution in [1.29, 1.82) is 0 Å². The summed E-state index contributed by atoms with van der Waals surface area (Å²) in [7, 11) is 0. The van der Waals surface area contributed by atoms with Gasteiger partial charge in [-0.05, 0) is 54.5 Å². The number of ether oxygens (including phenoxy) is 3. The lowest BCUT2D eigenvalue weighted by molar-refractivity contribution is 0.0826. The highest BCUT2D eigenvalue weighted by molar-refractivity contribution is 5.58. The summed E-state index contributed by atoms with van der Waals surface area (Å²) >= 11 is 0. The number of hydrogen-bond acceptors (Lipinski definition) is 3. The standard InChI is InChI=1S/C23H18O3/c1-15-12-20-19-13-18(24-16-8-4-2-5-9-16)14-21(22(19)23(15)26-20)25-17-10-6-3-7-11-17/h2-14,20,23H,1H3. The van der Waals surface area contributed by atoms with E-state index in [2.05, 4.69) is 19.1 Å². The third-order valence-corrected chi connectivity index (χ3v) is 4.78. The van der Waals surface area contributed by atoms with Gasteiger partial charge in [0, 0.05) is 11.6 Å². The smallest absolute Gasteiger partial charge is 0.137 e. The second-order valence-corrected chi connectivity index (χ2v) is 6.60. The van der Waals surface area contributed by atoms with Crippen LogP contribution in [0.3, 0.4) is 0 Å². The van der Waals surface area contributed by atoms with E-state index in [1.807, 2.05) is 66.7 Å². The number of benzene rings is 3. The Kier molecular flexibility index (Phi) is 3.54. The predicted octanol–water partition coefficient (Wildman–Crippen LogP) is 6.34. The van der Waals surface area contributed by atoms with E-state index in [0.717, 1.165) is 34.1 Å². The second-order valence-electron chi connectivity index (χ2n) is 6.60. The molecular formula is C23H18O3. The van der Waals surface area contributed by atoms with E-state index in [1.54, 1.807) is 0 Å². The van der Waals surface area contributed by atoms with Gasteiger partial charge >= 0.3 is 0 Å². The number of hydrogen-bond donors (Lipinski definition) is 0. The first-order chi connectivity index (χ1) is 12.8. The average Bonchev–Trinajstić information content (AvgIpc) is 3.21. The molecule has 0 amide bonds. The molecule has 2 aliphatic rings. The minimum atomic E-state index is -0.0283. The Morgan fingerprint density at radius 2 is 1.42 bits per heavy atom. The molecule has 0 aliphatic carbocycles. The normalized spacial score (nSPS) is 19.8. The highest BCUT2D eigenvalue weighted by Gasteiger charge is 2.40. The Balaban J connectivity index is 1.57. The zero-order valence-electron chi connectivity index (χ0n) is 14.4. The molecule has 3 aromatic rings. The van der Waals surface area contributed by atoms with Crippen LogP contribution in [-0.2, 0) is 4.74 Å². The molecule has 2 heterocycles. The van der Waals surface area contributed by atoms with Gasteiger partial charge < -0.3 is 14.2 Å². The SMILES string of the molecule is CC1=CC2OC1c1c(Oc3ccccc3)cc(Oc3ccccc3)cc12. The van der Waals surface area contributed by atoms with E-state index in [0.29, 0.717) is 0 Å². The lowest BCUT2D eigenvalue weighted by Gasteiger charge is -2.18. The number of fused-ring (bicyclic) bond motifs is 5. The number of rotatable bonds is 4. The molecular weight excluding hydrogens is 324 g/mol. The molecule has 26 heavy (non-hydrogen) atoms. The molecule has 3 nitrogen and oxygen atoms in total. The van der Waals surface area contributed by atoms with Crippen molar-refractivity contribution in [2.45, 2.75) is 19.1 Å². The first kappa shape index (κ1) is 15.2. The van der Waals surface area contributed by atoms with Gasteiger partial charge in [0.2, 0.25) is 0 Å². The second kappa shape index (κ2) is 6.04. The summed E-state index contributed by atoms with van der Waals surface area (Å²) in [5, 5.41) is 0. The zero-order valence-corrected chi connectivity index (χ0v) is 14.4. The van der Waals surface area contributed by atoms with Gasteiger partial charge in [0.1, 0.15) is 35.2 Å². The lowest BCUT2D eigenvalue weighted by atomic mass is 9.91. The Labute approximate surface area is 152 Å². The fourth-order valence-corrected chi connectivity index (χ4v) is 3.60. The molecule has 0 N–H and O–H groups in total. The molecule has 3 heteroatoms. The zero-order chi connectivity index (χ0) is 17.5. The van der Waals surface area contributed by atoms with Gasteiger partial charge in [-0.1, -0.05) is 36.4 Å². The molecule has 0 radical (unpaired) electrons. The van der Waals surface area contributed by atoms with E-state index < -0.39 is 0 Å². The van der Waals surface area contributed by atoms with Gasteiger partial charge in [-0.15, -0.1) is 0 Å². The van der Waals surface area contributed by atoms with Gasteiger partial charge in [-0.2, -0.15) is 0 Å².